The second-order valence-electron chi connectivity index (χ2n) is 6.54. The molecular formula is C18H22N2O2S. The van der Waals surface area contributed by atoms with E-state index < -0.39 is 6.10 Å². The summed E-state index contributed by atoms with van der Waals surface area (Å²) in [5.74, 6) is 0.371. The lowest BCUT2D eigenvalue weighted by atomic mass is 10.1. The Kier molecular flexibility index (Phi) is 4.50. The molecule has 1 aromatic heterocycles. The van der Waals surface area contributed by atoms with E-state index in [2.05, 4.69) is 24.1 Å². The molecule has 0 aliphatic heterocycles. The third-order valence-electron chi connectivity index (χ3n) is 4.12. The zero-order valence-electron chi connectivity index (χ0n) is 13.7. The highest BCUT2D eigenvalue weighted by Gasteiger charge is 2.32. The first-order chi connectivity index (χ1) is 11.0. The fourth-order valence-corrected chi connectivity index (χ4v) is 4.23. The number of aromatic nitrogens is 1. The smallest absolute Gasteiger partial charge is 0.263 e. The first-order valence-electron chi connectivity index (χ1n) is 7.98. The summed E-state index contributed by atoms with van der Waals surface area (Å²) in [6, 6.07) is 7.54. The number of thiazole rings is 1. The van der Waals surface area contributed by atoms with Crippen molar-refractivity contribution in [1.82, 2.24) is 10.3 Å². The zero-order chi connectivity index (χ0) is 16.6. The van der Waals surface area contributed by atoms with Crippen LogP contribution in [-0.2, 0) is 12.8 Å². The molecule has 0 fully saturated rings. The number of aliphatic hydroxyl groups is 1. The summed E-state index contributed by atoms with van der Waals surface area (Å²) in [5, 5.41) is 14.3. The van der Waals surface area contributed by atoms with Crippen LogP contribution in [0.2, 0.25) is 0 Å². The predicted octanol–water partition coefficient (Wildman–Crippen LogP) is 3.04. The fourth-order valence-electron chi connectivity index (χ4n) is 3.05. The third kappa shape index (κ3) is 3.31. The lowest BCUT2D eigenvalue weighted by molar-refractivity contribution is 0.0861. The van der Waals surface area contributed by atoms with Gasteiger partial charge in [-0.15, -0.1) is 11.3 Å². The van der Waals surface area contributed by atoms with Gasteiger partial charge in [-0.2, -0.15) is 0 Å². The minimum atomic E-state index is -0.570. The number of amides is 1. The van der Waals surface area contributed by atoms with Crippen LogP contribution in [0.3, 0.4) is 0 Å². The van der Waals surface area contributed by atoms with E-state index in [0.29, 0.717) is 17.2 Å². The second kappa shape index (κ2) is 6.42. The summed E-state index contributed by atoms with van der Waals surface area (Å²) in [6.07, 6.45) is 0.898. The SMILES string of the molecule is Cc1nc(CC(C)C)sc1C(=O)NC1c2ccccc2CC1O. The largest absolute Gasteiger partial charge is 0.390 e. The van der Waals surface area contributed by atoms with E-state index in [0.717, 1.165) is 28.2 Å². The Morgan fingerprint density at radius 1 is 1.43 bits per heavy atom. The van der Waals surface area contributed by atoms with Crippen molar-refractivity contribution >= 4 is 17.2 Å². The van der Waals surface area contributed by atoms with Gasteiger partial charge in [0.1, 0.15) is 4.88 Å². The molecule has 1 heterocycles. The molecule has 0 radical (unpaired) electrons. The van der Waals surface area contributed by atoms with E-state index >= 15 is 0 Å². The van der Waals surface area contributed by atoms with Gasteiger partial charge in [0.25, 0.3) is 5.91 Å². The van der Waals surface area contributed by atoms with E-state index in [1.165, 1.54) is 11.3 Å². The topological polar surface area (TPSA) is 62.2 Å². The molecule has 1 aliphatic carbocycles. The van der Waals surface area contributed by atoms with Gasteiger partial charge in [-0.05, 0) is 24.0 Å². The van der Waals surface area contributed by atoms with Crippen molar-refractivity contribution < 1.29 is 9.90 Å². The lowest BCUT2D eigenvalue weighted by Crippen LogP contribution is -2.33. The Balaban J connectivity index is 1.78. The number of fused-ring (bicyclic) bond motifs is 1. The highest BCUT2D eigenvalue weighted by Crippen LogP contribution is 2.32. The van der Waals surface area contributed by atoms with E-state index in [1.54, 1.807) is 0 Å². The van der Waals surface area contributed by atoms with Crippen molar-refractivity contribution in [3.63, 3.8) is 0 Å². The number of nitrogens with zero attached hydrogens (tertiary/aromatic N) is 1. The zero-order valence-corrected chi connectivity index (χ0v) is 14.5. The number of carbonyl (C=O) groups excluding carboxylic acids is 1. The standard InChI is InChI=1S/C18H22N2O2S/c1-10(2)8-15-19-11(3)17(23-15)18(22)20-16-13-7-5-4-6-12(13)9-14(16)21/h4-7,10,14,16,21H,8-9H2,1-3H3,(H,20,22). The number of hydrogen-bond acceptors (Lipinski definition) is 4. The van der Waals surface area contributed by atoms with Gasteiger partial charge in [0.15, 0.2) is 0 Å². The molecule has 5 heteroatoms. The highest BCUT2D eigenvalue weighted by molar-refractivity contribution is 7.13. The first-order valence-corrected chi connectivity index (χ1v) is 8.80. The van der Waals surface area contributed by atoms with Crippen LogP contribution in [0.1, 0.15) is 51.4 Å². The maximum Gasteiger partial charge on any atom is 0.263 e. The van der Waals surface area contributed by atoms with Crippen molar-refractivity contribution in [3.8, 4) is 0 Å². The highest BCUT2D eigenvalue weighted by atomic mass is 32.1. The van der Waals surface area contributed by atoms with Gasteiger partial charge in [0, 0.05) is 12.8 Å². The predicted molar refractivity (Wildman–Crippen MR) is 91.8 cm³/mol. The average Bonchev–Trinajstić information content (AvgIpc) is 2.99. The normalized spacial score (nSPS) is 19.9. The molecule has 2 unspecified atom stereocenters. The Labute approximate surface area is 140 Å². The van der Waals surface area contributed by atoms with Gasteiger partial charge < -0.3 is 10.4 Å². The Morgan fingerprint density at radius 3 is 2.91 bits per heavy atom. The van der Waals surface area contributed by atoms with Gasteiger partial charge in [-0.25, -0.2) is 4.98 Å². The lowest BCUT2D eigenvalue weighted by Gasteiger charge is -2.17. The van der Waals surface area contributed by atoms with Crippen molar-refractivity contribution in [2.75, 3.05) is 0 Å². The molecule has 23 heavy (non-hydrogen) atoms. The molecule has 0 spiro atoms. The van der Waals surface area contributed by atoms with Gasteiger partial charge >= 0.3 is 0 Å². The fraction of sp³-hybridized carbons (Fsp3) is 0.444. The molecule has 0 bridgehead atoms. The van der Waals surface area contributed by atoms with Gasteiger partial charge in [0.2, 0.25) is 0 Å². The van der Waals surface area contributed by atoms with Crippen LogP contribution >= 0.6 is 11.3 Å². The van der Waals surface area contributed by atoms with Gasteiger partial charge in [0.05, 0.1) is 22.8 Å². The molecule has 3 rings (SSSR count). The van der Waals surface area contributed by atoms with Gasteiger partial charge in [-0.3, -0.25) is 4.79 Å². The molecule has 2 aromatic rings. The number of benzene rings is 1. The van der Waals surface area contributed by atoms with Crippen molar-refractivity contribution in [2.45, 2.75) is 45.8 Å². The maximum absolute atomic E-state index is 12.6. The first kappa shape index (κ1) is 16.1. The molecule has 0 saturated carbocycles. The van der Waals surface area contributed by atoms with Crippen molar-refractivity contribution in [1.29, 1.82) is 0 Å². The van der Waals surface area contributed by atoms with Crippen LogP contribution in [-0.4, -0.2) is 22.1 Å². The molecular weight excluding hydrogens is 308 g/mol. The molecule has 1 aliphatic rings. The molecule has 2 atom stereocenters. The van der Waals surface area contributed by atoms with Crippen LogP contribution in [0.4, 0.5) is 0 Å². The average molecular weight is 330 g/mol. The molecule has 1 aromatic carbocycles. The maximum atomic E-state index is 12.6. The Bertz CT molecular complexity index is 724. The third-order valence-corrected chi connectivity index (χ3v) is 5.30. The molecule has 4 nitrogen and oxygen atoms in total. The van der Waals surface area contributed by atoms with E-state index in [9.17, 15) is 9.90 Å². The van der Waals surface area contributed by atoms with Crippen molar-refractivity contribution in [3.05, 3.63) is 51.0 Å². The van der Waals surface area contributed by atoms with Crippen LogP contribution in [0.25, 0.3) is 0 Å². The summed E-state index contributed by atoms with van der Waals surface area (Å²) in [6.45, 7) is 6.15. The van der Waals surface area contributed by atoms with Crippen LogP contribution < -0.4 is 5.32 Å². The number of hydrogen-bond donors (Lipinski definition) is 2. The summed E-state index contributed by atoms with van der Waals surface area (Å²) in [7, 11) is 0. The monoisotopic (exact) mass is 330 g/mol. The molecule has 2 N–H and O–H groups in total. The number of aliphatic hydroxyl groups excluding tert-OH is 1. The number of aryl methyl sites for hydroxylation is 1. The summed E-state index contributed by atoms with van der Waals surface area (Å²) >= 11 is 1.46. The molecule has 122 valence electrons. The minimum Gasteiger partial charge on any atom is -0.390 e. The van der Waals surface area contributed by atoms with Crippen LogP contribution in [0, 0.1) is 12.8 Å². The van der Waals surface area contributed by atoms with Crippen LogP contribution in [0.15, 0.2) is 24.3 Å². The second-order valence-corrected chi connectivity index (χ2v) is 7.63. The minimum absolute atomic E-state index is 0.143. The molecule has 1 amide bonds. The number of rotatable bonds is 4. The van der Waals surface area contributed by atoms with E-state index in [-0.39, 0.29) is 11.9 Å². The summed E-state index contributed by atoms with van der Waals surface area (Å²) in [5.41, 5.74) is 2.88. The molecule has 0 saturated heterocycles. The number of nitrogens with one attached hydrogen (secondary N) is 1. The number of carbonyl (C=O) groups is 1. The Morgan fingerprint density at radius 2 is 2.17 bits per heavy atom. The van der Waals surface area contributed by atoms with E-state index in [4.69, 9.17) is 0 Å². The van der Waals surface area contributed by atoms with Crippen molar-refractivity contribution in [2.24, 2.45) is 5.92 Å². The summed E-state index contributed by atoms with van der Waals surface area (Å²) in [4.78, 5) is 17.8. The van der Waals surface area contributed by atoms with E-state index in [1.807, 2.05) is 31.2 Å². The van der Waals surface area contributed by atoms with Gasteiger partial charge in [-0.1, -0.05) is 38.1 Å². The quantitative estimate of drug-likeness (QED) is 0.906. The van der Waals surface area contributed by atoms with Crippen LogP contribution in [0.5, 0.6) is 0 Å². The summed E-state index contributed by atoms with van der Waals surface area (Å²) < 4.78 is 0. The Hall–Kier alpha value is -1.72.